The molecule has 0 atom stereocenters. The highest BCUT2D eigenvalue weighted by Gasteiger charge is 2.35. The standard InChI is InChI=1S/C16H9F5N2O2S/c17-10-4-3-9(6-11(10)18)8-23-14(7-13(22-23)16(19,20)21)25-15(24)12-2-1-5-26-12/h1-7H,8H2. The van der Waals surface area contributed by atoms with Crippen LogP contribution in [0.3, 0.4) is 0 Å². The maximum atomic E-state index is 13.3. The van der Waals surface area contributed by atoms with Crippen molar-refractivity contribution in [3.05, 3.63) is 69.5 Å². The summed E-state index contributed by atoms with van der Waals surface area (Å²) < 4.78 is 70.8. The topological polar surface area (TPSA) is 44.1 Å². The summed E-state index contributed by atoms with van der Waals surface area (Å²) in [5.41, 5.74) is -1.12. The van der Waals surface area contributed by atoms with Crippen LogP contribution in [0.1, 0.15) is 20.9 Å². The van der Waals surface area contributed by atoms with Crippen LogP contribution in [0.5, 0.6) is 5.88 Å². The number of rotatable bonds is 4. The molecule has 0 unspecified atom stereocenters. The van der Waals surface area contributed by atoms with Crippen LogP contribution in [0.25, 0.3) is 0 Å². The van der Waals surface area contributed by atoms with E-state index in [4.69, 9.17) is 4.74 Å². The summed E-state index contributed by atoms with van der Waals surface area (Å²) in [6.07, 6.45) is -4.76. The molecule has 26 heavy (non-hydrogen) atoms. The predicted octanol–water partition coefficient (Wildman–Crippen LogP) is 4.51. The lowest BCUT2D eigenvalue weighted by Gasteiger charge is -2.08. The number of esters is 1. The van der Waals surface area contributed by atoms with Crippen molar-refractivity contribution in [2.75, 3.05) is 0 Å². The zero-order valence-corrected chi connectivity index (χ0v) is 13.6. The van der Waals surface area contributed by atoms with Gasteiger partial charge in [-0.1, -0.05) is 12.1 Å². The van der Waals surface area contributed by atoms with Crippen LogP contribution in [0.2, 0.25) is 0 Å². The number of halogens is 5. The number of alkyl halides is 3. The molecule has 4 nitrogen and oxygen atoms in total. The van der Waals surface area contributed by atoms with Crippen molar-refractivity contribution in [1.82, 2.24) is 9.78 Å². The van der Waals surface area contributed by atoms with Gasteiger partial charge in [-0.2, -0.15) is 18.3 Å². The predicted molar refractivity (Wildman–Crippen MR) is 82.0 cm³/mol. The van der Waals surface area contributed by atoms with Gasteiger partial charge < -0.3 is 4.74 Å². The fourth-order valence-corrected chi connectivity index (χ4v) is 2.68. The number of carbonyl (C=O) groups is 1. The molecule has 0 spiro atoms. The Labute approximate surface area is 147 Å². The van der Waals surface area contributed by atoms with Crippen LogP contribution < -0.4 is 4.74 Å². The Balaban J connectivity index is 1.92. The number of benzene rings is 1. The Morgan fingerprint density at radius 1 is 1.15 bits per heavy atom. The fraction of sp³-hybridized carbons (Fsp3) is 0.125. The SMILES string of the molecule is O=C(Oc1cc(C(F)(F)F)nn1Cc1ccc(F)c(F)c1)c1cccs1. The first-order chi connectivity index (χ1) is 12.2. The Morgan fingerprint density at radius 2 is 1.92 bits per heavy atom. The average molecular weight is 388 g/mol. The molecule has 0 saturated heterocycles. The number of carbonyl (C=O) groups excluding carboxylic acids is 1. The number of hydrogen-bond acceptors (Lipinski definition) is 4. The third-order valence-corrected chi connectivity index (χ3v) is 4.12. The lowest BCUT2D eigenvalue weighted by Crippen LogP contribution is -2.12. The Bertz CT molecular complexity index is 935. The van der Waals surface area contributed by atoms with Gasteiger partial charge in [0.15, 0.2) is 17.3 Å². The first kappa shape index (κ1) is 18.1. The Kier molecular flexibility index (Phi) is 4.77. The highest BCUT2D eigenvalue weighted by atomic mass is 32.1. The number of thiophene rings is 1. The fourth-order valence-electron chi connectivity index (χ4n) is 2.08. The van der Waals surface area contributed by atoms with Crippen LogP contribution in [0, 0.1) is 11.6 Å². The summed E-state index contributed by atoms with van der Waals surface area (Å²) in [6, 6.07) is 6.48. The molecule has 136 valence electrons. The molecule has 0 saturated carbocycles. The van der Waals surface area contributed by atoms with E-state index in [1.807, 2.05) is 0 Å². The Hall–Kier alpha value is -2.75. The van der Waals surface area contributed by atoms with Gasteiger partial charge in [-0.25, -0.2) is 18.3 Å². The summed E-state index contributed by atoms with van der Waals surface area (Å²) in [5, 5.41) is 4.97. The van der Waals surface area contributed by atoms with Gasteiger partial charge in [-0.3, -0.25) is 0 Å². The van der Waals surface area contributed by atoms with Gasteiger partial charge >= 0.3 is 12.1 Å². The normalized spacial score (nSPS) is 11.6. The summed E-state index contributed by atoms with van der Waals surface area (Å²) in [4.78, 5) is 12.2. The molecule has 0 aliphatic rings. The second kappa shape index (κ2) is 6.87. The summed E-state index contributed by atoms with van der Waals surface area (Å²) >= 11 is 1.06. The molecule has 0 radical (unpaired) electrons. The van der Waals surface area contributed by atoms with Crippen molar-refractivity contribution in [2.45, 2.75) is 12.7 Å². The van der Waals surface area contributed by atoms with Crippen molar-refractivity contribution in [2.24, 2.45) is 0 Å². The van der Waals surface area contributed by atoms with E-state index in [1.54, 1.807) is 11.4 Å². The van der Waals surface area contributed by atoms with Crippen molar-refractivity contribution >= 4 is 17.3 Å². The van der Waals surface area contributed by atoms with Crippen molar-refractivity contribution < 1.29 is 31.5 Å². The van der Waals surface area contributed by atoms with Gasteiger partial charge in [0, 0.05) is 6.07 Å². The molecule has 1 aromatic carbocycles. The third kappa shape index (κ3) is 3.90. The molecule has 2 aromatic heterocycles. The van der Waals surface area contributed by atoms with E-state index in [-0.39, 0.29) is 17.0 Å². The molecule has 0 bridgehead atoms. The van der Waals surface area contributed by atoms with Crippen LogP contribution >= 0.6 is 11.3 Å². The average Bonchev–Trinajstić information content (AvgIpc) is 3.21. The van der Waals surface area contributed by atoms with Crippen molar-refractivity contribution in [3.63, 3.8) is 0 Å². The minimum atomic E-state index is -4.76. The largest absolute Gasteiger partial charge is 0.435 e. The van der Waals surface area contributed by atoms with Gasteiger partial charge in [0.25, 0.3) is 0 Å². The second-order valence-electron chi connectivity index (χ2n) is 5.14. The van der Waals surface area contributed by atoms with Crippen LogP contribution in [-0.4, -0.2) is 15.7 Å². The van der Waals surface area contributed by atoms with Gasteiger partial charge in [0.1, 0.15) is 4.88 Å². The molecular weight excluding hydrogens is 379 g/mol. The summed E-state index contributed by atoms with van der Waals surface area (Å²) in [7, 11) is 0. The van der Waals surface area contributed by atoms with E-state index in [1.165, 1.54) is 12.1 Å². The van der Waals surface area contributed by atoms with Crippen LogP contribution in [0.4, 0.5) is 22.0 Å². The highest BCUT2D eigenvalue weighted by molar-refractivity contribution is 7.12. The van der Waals surface area contributed by atoms with Crippen molar-refractivity contribution in [1.29, 1.82) is 0 Å². The number of ether oxygens (including phenoxy) is 1. The van der Waals surface area contributed by atoms with Crippen LogP contribution in [0.15, 0.2) is 41.8 Å². The lowest BCUT2D eigenvalue weighted by atomic mass is 10.2. The molecule has 0 N–H and O–H groups in total. The zero-order chi connectivity index (χ0) is 18.9. The third-order valence-electron chi connectivity index (χ3n) is 3.27. The summed E-state index contributed by atoms with van der Waals surface area (Å²) in [6.45, 7) is -0.347. The molecule has 0 fully saturated rings. The minimum absolute atomic E-state index is 0.147. The van der Waals surface area contributed by atoms with Gasteiger partial charge in [-0.15, -0.1) is 11.3 Å². The quantitative estimate of drug-likeness (QED) is 0.488. The molecule has 10 heteroatoms. The highest BCUT2D eigenvalue weighted by Crippen LogP contribution is 2.31. The van der Waals surface area contributed by atoms with E-state index in [2.05, 4.69) is 5.10 Å². The van der Waals surface area contributed by atoms with Gasteiger partial charge in [-0.05, 0) is 29.1 Å². The van der Waals surface area contributed by atoms with Crippen molar-refractivity contribution in [3.8, 4) is 5.88 Å². The molecule has 0 aliphatic carbocycles. The smallest absolute Gasteiger partial charge is 0.404 e. The van der Waals surface area contributed by atoms with E-state index in [9.17, 15) is 26.7 Å². The maximum absolute atomic E-state index is 13.3. The molecule has 3 rings (SSSR count). The van der Waals surface area contributed by atoms with E-state index in [0.717, 1.165) is 28.2 Å². The number of nitrogens with zero attached hydrogens (tertiary/aromatic N) is 2. The van der Waals surface area contributed by atoms with E-state index < -0.39 is 35.4 Å². The maximum Gasteiger partial charge on any atom is 0.435 e. The Morgan fingerprint density at radius 3 is 2.54 bits per heavy atom. The van der Waals surface area contributed by atoms with Gasteiger partial charge in [0.2, 0.25) is 5.88 Å². The number of aromatic nitrogens is 2. The van der Waals surface area contributed by atoms with Gasteiger partial charge in [0.05, 0.1) is 6.54 Å². The second-order valence-corrected chi connectivity index (χ2v) is 6.09. The monoisotopic (exact) mass is 388 g/mol. The molecule has 2 heterocycles. The van der Waals surface area contributed by atoms with E-state index >= 15 is 0 Å². The van der Waals surface area contributed by atoms with Crippen LogP contribution in [-0.2, 0) is 12.7 Å². The molecule has 3 aromatic rings. The number of hydrogen-bond donors (Lipinski definition) is 0. The molecule has 0 aliphatic heterocycles. The first-order valence-electron chi connectivity index (χ1n) is 7.08. The molecule has 0 amide bonds. The summed E-state index contributed by atoms with van der Waals surface area (Å²) in [5.74, 6) is -3.54. The molecular formula is C16H9F5N2O2S. The lowest BCUT2D eigenvalue weighted by molar-refractivity contribution is -0.141. The zero-order valence-electron chi connectivity index (χ0n) is 12.8. The first-order valence-corrected chi connectivity index (χ1v) is 7.96. The minimum Gasteiger partial charge on any atom is -0.404 e. The van der Waals surface area contributed by atoms with E-state index in [0.29, 0.717) is 6.07 Å².